The van der Waals surface area contributed by atoms with E-state index in [4.69, 9.17) is 4.74 Å². The Labute approximate surface area is 167 Å². The molecule has 0 saturated carbocycles. The van der Waals surface area contributed by atoms with Gasteiger partial charge in [0, 0.05) is 12.5 Å². The van der Waals surface area contributed by atoms with Crippen molar-refractivity contribution in [2.45, 2.75) is 58.3 Å². The Morgan fingerprint density at radius 3 is 2.18 bits per heavy atom. The van der Waals surface area contributed by atoms with Crippen LogP contribution in [0.2, 0.25) is 0 Å². The van der Waals surface area contributed by atoms with Crippen LogP contribution in [0.4, 0.5) is 0 Å². The lowest BCUT2D eigenvalue weighted by molar-refractivity contribution is -0.134. The molecular formula is C24H30O4. The number of ether oxygens (including phenoxy) is 1. The normalized spacial score (nSPS) is 11.0. The Hall–Kier alpha value is -2.75. The summed E-state index contributed by atoms with van der Waals surface area (Å²) in [5.41, 5.74) is 1.64. The van der Waals surface area contributed by atoms with E-state index in [1.54, 1.807) is 36.4 Å². The fourth-order valence-corrected chi connectivity index (χ4v) is 2.95. The van der Waals surface area contributed by atoms with Crippen LogP contribution in [0.3, 0.4) is 0 Å². The van der Waals surface area contributed by atoms with Crippen LogP contribution in [-0.4, -0.2) is 16.2 Å². The number of esters is 1. The zero-order chi connectivity index (χ0) is 20.2. The minimum atomic E-state index is -0.271. The number of rotatable bonds is 11. The van der Waals surface area contributed by atoms with E-state index in [0.29, 0.717) is 12.2 Å². The number of carbonyl (C=O) groups is 1. The third-order valence-electron chi connectivity index (χ3n) is 4.49. The van der Waals surface area contributed by atoms with E-state index < -0.39 is 0 Å². The number of unbranched alkanes of at least 4 members (excludes halogenated alkanes) is 6. The van der Waals surface area contributed by atoms with Gasteiger partial charge in [-0.25, -0.2) is 0 Å². The highest BCUT2D eigenvalue weighted by Gasteiger charge is 2.07. The van der Waals surface area contributed by atoms with Gasteiger partial charge in [-0.05, 0) is 41.8 Å². The first-order chi connectivity index (χ1) is 13.6. The van der Waals surface area contributed by atoms with Gasteiger partial charge in [0.1, 0.15) is 17.2 Å². The van der Waals surface area contributed by atoms with Crippen molar-refractivity contribution < 1.29 is 19.7 Å². The van der Waals surface area contributed by atoms with E-state index >= 15 is 0 Å². The summed E-state index contributed by atoms with van der Waals surface area (Å²) < 4.78 is 5.38. The first-order valence-electron chi connectivity index (χ1n) is 10.1. The van der Waals surface area contributed by atoms with Crippen molar-refractivity contribution >= 4 is 18.1 Å². The quantitative estimate of drug-likeness (QED) is 0.207. The average Bonchev–Trinajstić information content (AvgIpc) is 2.66. The largest absolute Gasteiger partial charge is 0.508 e. The predicted molar refractivity (Wildman–Crippen MR) is 113 cm³/mol. The minimum absolute atomic E-state index is 0.0478. The van der Waals surface area contributed by atoms with Crippen LogP contribution in [0.25, 0.3) is 12.2 Å². The van der Waals surface area contributed by atoms with Crippen LogP contribution in [0.5, 0.6) is 17.2 Å². The van der Waals surface area contributed by atoms with Gasteiger partial charge in [0.25, 0.3) is 0 Å². The van der Waals surface area contributed by atoms with Gasteiger partial charge < -0.3 is 14.9 Å². The Kier molecular flexibility index (Phi) is 9.13. The average molecular weight is 383 g/mol. The SMILES string of the molecule is CCCCCCCCCC(=O)Oc1cc(O)cc(C=Cc2ccc(O)cc2)c1. The lowest BCUT2D eigenvalue weighted by Gasteiger charge is -2.06. The number of benzene rings is 2. The summed E-state index contributed by atoms with van der Waals surface area (Å²) in [5, 5.41) is 19.2. The van der Waals surface area contributed by atoms with E-state index in [0.717, 1.165) is 30.4 Å². The van der Waals surface area contributed by atoms with Gasteiger partial charge in [-0.2, -0.15) is 0 Å². The molecule has 0 aliphatic heterocycles. The molecule has 0 aliphatic rings. The number of phenolic OH excluding ortho intramolecular Hbond substituents is 2. The number of phenols is 2. The maximum atomic E-state index is 12.0. The van der Waals surface area contributed by atoms with Gasteiger partial charge in [0.05, 0.1) is 0 Å². The number of hydrogen-bond acceptors (Lipinski definition) is 4. The smallest absolute Gasteiger partial charge is 0.311 e. The van der Waals surface area contributed by atoms with Crippen molar-refractivity contribution in [3.8, 4) is 17.2 Å². The maximum absolute atomic E-state index is 12.0. The highest BCUT2D eigenvalue weighted by atomic mass is 16.5. The standard InChI is InChI=1S/C24H30O4/c1-2-3-4-5-6-7-8-9-24(27)28-23-17-20(16-22(26)18-23)11-10-19-12-14-21(25)15-13-19/h10-18,25-26H,2-9H2,1H3. The molecule has 2 aromatic carbocycles. The molecule has 2 N–H and O–H groups in total. The van der Waals surface area contributed by atoms with Crippen LogP contribution in [0.1, 0.15) is 69.4 Å². The molecule has 0 fully saturated rings. The molecule has 0 saturated heterocycles. The Morgan fingerprint density at radius 2 is 1.46 bits per heavy atom. The van der Waals surface area contributed by atoms with Gasteiger partial charge in [-0.1, -0.05) is 69.7 Å². The third-order valence-corrected chi connectivity index (χ3v) is 4.49. The molecule has 0 unspecified atom stereocenters. The van der Waals surface area contributed by atoms with Crippen LogP contribution in [0, 0.1) is 0 Å². The maximum Gasteiger partial charge on any atom is 0.311 e. The van der Waals surface area contributed by atoms with Gasteiger partial charge in [-0.15, -0.1) is 0 Å². The van der Waals surface area contributed by atoms with Crippen molar-refractivity contribution in [1.82, 2.24) is 0 Å². The predicted octanol–water partition coefficient (Wildman–Crippen LogP) is 6.31. The minimum Gasteiger partial charge on any atom is -0.508 e. The van der Waals surface area contributed by atoms with Crippen molar-refractivity contribution in [3.05, 3.63) is 53.6 Å². The van der Waals surface area contributed by atoms with E-state index in [9.17, 15) is 15.0 Å². The molecule has 0 aromatic heterocycles. The summed E-state index contributed by atoms with van der Waals surface area (Å²) in [6.45, 7) is 2.20. The monoisotopic (exact) mass is 382 g/mol. The zero-order valence-corrected chi connectivity index (χ0v) is 16.6. The van der Waals surface area contributed by atoms with Crippen molar-refractivity contribution in [1.29, 1.82) is 0 Å². The fourth-order valence-electron chi connectivity index (χ4n) is 2.95. The summed E-state index contributed by atoms with van der Waals surface area (Å²) in [6.07, 6.45) is 12.1. The molecule has 2 rings (SSSR count). The van der Waals surface area contributed by atoms with Crippen molar-refractivity contribution in [2.24, 2.45) is 0 Å². The van der Waals surface area contributed by atoms with E-state index in [2.05, 4.69) is 6.92 Å². The fraction of sp³-hybridized carbons (Fsp3) is 0.375. The highest BCUT2D eigenvalue weighted by molar-refractivity contribution is 5.74. The van der Waals surface area contributed by atoms with Crippen molar-refractivity contribution in [3.63, 3.8) is 0 Å². The number of carbonyl (C=O) groups excluding carboxylic acids is 1. The van der Waals surface area contributed by atoms with Crippen LogP contribution in [-0.2, 0) is 4.79 Å². The first kappa shape index (κ1) is 21.5. The topological polar surface area (TPSA) is 66.8 Å². The molecule has 0 amide bonds. The molecule has 4 nitrogen and oxygen atoms in total. The van der Waals surface area contributed by atoms with Gasteiger partial charge >= 0.3 is 5.97 Å². The Morgan fingerprint density at radius 1 is 0.821 bits per heavy atom. The highest BCUT2D eigenvalue weighted by Crippen LogP contribution is 2.24. The van der Waals surface area contributed by atoms with E-state index in [1.165, 1.54) is 31.7 Å². The molecule has 0 radical (unpaired) electrons. The van der Waals surface area contributed by atoms with E-state index in [1.807, 2.05) is 12.2 Å². The number of hydrogen-bond donors (Lipinski definition) is 2. The summed E-state index contributed by atoms with van der Waals surface area (Å²) in [5.74, 6) is 0.335. The zero-order valence-electron chi connectivity index (χ0n) is 16.6. The lowest BCUT2D eigenvalue weighted by atomic mass is 10.1. The van der Waals surface area contributed by atoms with Crippen molar-refractivity contribution in [2.75, 3.05) is 0 Å². The molecule has 0 bridgehead atoms. The van der Waals surface area contributed by atoms with Gasteiger partial charge in [-0.3, -0.25) is 4.79 Å². The molecule has 0 spiro atoms. The van der Waals surface area contributed by atoms with Crippen LogP contribution in [0.15, 0.2) is 42.5 Å². The van der Waals surface area contributed by atoms with Gasteiger partial charge in [0.2, 0.25) is 0 Å². The number of aromatic hydroxyl groups is 2. The molecule has 0 aliphatic carbocycles. The summed E-state index contributed by atoms with van der Waals surface area (Å²) in [7, 11) is 0. The second-order valence-corrected chi connectivity index (χ2v) is 7.03. The molecular weight excluding hydrogens is 352 g/mol. The second-order valence-electron chi connectivity index (χ2n) is 7.03. The third kappa shape index (κ3) is 8.30. The molecule has 150 valence electrons. The molecule has 28 heavy (non-hydrogen) atoms. The van der Waals surface area contributed by atoms with Gasteiger partial charge in [0.15, 0.2) is 0 Å². The summed E-state index contributed by atoms with van der Waals surface area (Å²) >= 11 is 0. The molecule has 2 aromatic rings. The van der Waals surface area contributed by atoms with E-state index in [-0.39, 0.29) is 17.5 Å². The summed E-state index contributed by atoms with van der Waals surface area (Å²) in [6, 6.07) is 11.6. The van der Waals surface area contributed by atoms with Crippen LogP contribution < -0.4 is 4.74 Å². The molecule has 0 atom stereocenters. The second kappa shape index (κ2) is 11.9. The Bertz CT molecular complexity index is 763. The Balaban J connectivity index is 1.83. The summed E-state index contributed by atoms with van der Waals surface area (Å²) in [4.78, 5) is 12.0. The van der Waals surface area contributed by atoms with Crippen LogP contribution >= 0.6 is 0 Å². The molecule has 0 heterocycles. The molecule has 4 heteroatoms. The first-order valence-corrected chi connectivity index (χ1v) is 10.1. The lowest BCUT2D eigenvalue weighted by Crippen LogP contribution is -2.07.